The van der Waals surface area contributed by atoms with Crippen molar-refractivity contribution in [3.63, 3.8) is 0 Å². The molecule has 0 amide bonds. The molecule has 0 aliphatic carbocycles. The number of alkyl halides is 3. The average molecular weight is 526 g/mol. The van der Waals surface area contributed by atoms with Crippen molar-refractivity contribution in [3.05, 3.63) is 72.2 Å². The van der Waals surface area contributed by atoms with Crippen LogP contribution < -0.4 is 15.1 Å². The van der Waals surface area contributed by atoms with E-state index in [2.05, 4.69) is 15.2 Å². The molecule has 38 heavy (non-hydrogen) atoms. The topological polar surface area (TPSA) is 61.6 Å². The second kappa shape index (κ2) is 9.86. The lowest BCUT2D eigenvalue weighted by Gasteiger charge is -2.26. The van der Waals surface area contributed by atoms with Gasteiger partial charge in [0.25, 0.3) is 0 Å². The number of nitrogens with zero attached hydrogens (tertiary/aromatic N) is 6. The molecule has 0 saturated carbocycles. The molecule has 2 fully saturated rings. The molecule has 198 valence electrons. The van der Waals surface area contributed by atoms with Crippen molar-refractivity contribution in [1.82, 2.24) is 24.9 Å². The van der Waals surface area contributed by atoms with Crippen molar-refractivity contribution in [2.24, 2.45) is 0 Å². The number of benzene rings is 1. The van der Waals surface area contributed by atoms with Gasteiger partial charge in [0.05, 0.1) is 24.5 Å². The van der Waals surface area contributed by atoms with Gasteiger partial charge in [0.2, 0.25) is 0 Å². The number of imidazole rings is 1. The lowest BCUT2D eigenvalue weighted by atomic mass is 10.0. The summed E-state index contributed by atoms with van der Waals surface area (Å²) in [6.45, 7) is 0.901. The minimum absolute atomic E-state index is 0.0399. The van der Waals surface area contributed by atoms with Gasteiger partial charge in [-0.1, -0.05) is 18.2 Å². The molecule has 7 nitrogen and oxygen atoms in total. The fourth-order valence-corrected chi connectivity index (χ4v) is 5.43. The third-order valence-electron chi connectivity index (χ3n) is 7.23. The van der Waals surface area contributed by atoms with E-state index < -0.39 is 12.7 Å². The van der Waals surface area contributed by atoms with E-state index in [9.17, 15) is 17.6 Å². The highest BCUT2D eigenvalue weighted by Gasteiger charge is 2.31. The van der Waals surface area contributed by atoms with Gasteiger partial charge in [0.15, 0.2) is 5.65 Å². The highest BCUT2D eigenvalue weighted by atomic mass is 19.4. The predicted octanol–water partition coefficient (Wildman–Crippen LogP) is 5.00. The summed E-state index contributed by atoms with van der Waals surface area (Å²) in [6, 6.07) is 16.0. The van der Waals surface area contributed by atoms with Crippen LogP contribution in [0.15, 0.2) is 60.8 Å². The summed E-state index contributed by atoms with van der Waals surface area (Å²) in [5.41, 5.74) is 3.00. The molecule has 2 aliphatic rings. The van der Waals surface area contributed by atoms with Crippen LogP contribution in [0.2, 0.25) is 0 Å². The molecule has 1 N–H and O–H groups in total. The molecule has 11 heteroatoms. The highest BCUT2D eigenvalue weighted by molar-refractivity contribution is 5.63. The molecule has 0 unspecified atom stereocenters. The number of hydrogen-bond acceptors (Lipinski definition) is 6. The lowest BCUT2D eigenvalue weighted by molar-refractivity contribution is -0.125. The maximum atomic E-state index is 13.9. The Morgan fingerprint density at radius 3 is 2.68 bits per heavy atom. The standard InChI is InChI=1S/C27H27F4N7/c28-19-5-1-4-18(14-19)22-7-3-12-37(22)26-10-9-24-32-15-23(38(24)35-26)21-6-2-8-25(34-21)36-13-11-20(16-36)33-17-27(29,30)31/h1-2,4-6,8-10,14-15,20,22,33H,3,7,11-13,16-17H2/t20-,22-/m1/s1. The minimum atomic E-state index is -4.23. The zero-order valence-corrected chi connectivity index (χ0v) is 20.6. The van der Waals surface area contributed by atoms with Crippen LogP contribution in [0.25, 0.3) is 17.0 Å². The average Bonchev–Trinajstić information content (AvgIpc) is 3.66. The summed E-state index contributed by atoms with van der Waals surface area (Å²) in [5.74, 6) is 1.23. The van der Waals surface area contributed by atoms with E-state index >= 15 is 0 Å². The quantitative estimate of drug-likeness (QED) is 0.358. The third kappa shape index (κ3) is 5.02. The van der Waals surface area contributed by atoms with Crippen molar-refractivity contribution in [2.75, 3.05) is 36.0 Å². The number of aromatic nitrogens is 4. The van der Waals surface area contributed by atoms with Gasteiger partial charge in [-0.15, -0.1) is 5.10 Å². The number of fused-ring (bicyclic) bond motifs is 1. The number of rotatable bonds is 6. The van der Waals surface area contributed by atoms with E-state index in [-0.39, 0.29) is 17.9 Å². The van der Waals surface area contributed by atoms with Crippen LogP contribution in [0.5, 0.6) is 0 Å². The Morgan fingerprint density at radius 1 is 0.974 bits per heavy atom. The van der Waals surface area contributed by atoms with Crippen LogP contribution in [-0.4, -0.2) is 58.0 Å². The zero-order chi connectivity index (χ0) is 26.3. The van der Waals surface area contributed by atoms with Crippen LogP contribution in [-0.2, 0) is 0 Å². The van der Waals surface area contributed by atoms with E-state index in [1.54, 1.807) is 22.8 Å². The van der Waals surface area contributed by atoms with E-state index in [1.807, 2.05) is 41.3 Å². The predicted molar refractivity (Wildman–Crippen MR) is 137 cm³/mol. The molecule has 4 aromatic rings. The summed E-state index contributed by atoms with van der Waals surface area (Å²) in [4.78, 5) is 13.5. The molecule has 5 heterocycles. The molecule has 3 aromatic heterocycles. The van der Waals surface area contributed by atoms with Gasteiger partial charge < -0.3 is 15.1 Å². The van der Waals surface area contributed by atoms with Crippen LogP contribution in [0.1, 0.15) is 30.9 Å². The minimum Gasteiger partial charge on any atom is -0.355 e. The van der Waals surface area contributed by atoms with Crippen LogP contribution in [0.4, 0.5) is 29.2 Å². The maximum absolute atomic E-state index is 13.9. The van der Waals surface area contributed by atoms with E-state index in [4.69, 9.17) is 10.1 Å². The first-order valence-electron chi connectivity index (χ1n) is 12.7. The summed E-state index contributed by atoms with van der Waals surface area (Å²) >= 11 is 0. The lowest BCUT2D eigenvalue weighted by Crippen LogP contribution is -2.38. The molecule has 2 aliphatic heterocycles. The van der Waals surface area contributed by atoms with Gasteiger partial charge in [0, 0.05) is 25.7 Å². The summed E-state index contributed by atoms with van der Waals surface area (Å²) in [5, 5.41) is 7.49. The first kappa shape index (κ1) is 24.6. The fraction of sp³-hybridized carbons (Fsp3) is 0.370. The Bertz CT molecular complexity index is 1440. The first-order chi connectivity index (χ1) is 18.3. The van der Waals surface area contributed by atoms with Crippen LogP contribution in [0.3, 0.4) is 0 Å². The summed E-state index contributed by atoms with van der Waals surface area (Å²) in [6.07, 6.45) is 0.00972. The highest BCUT2D eigenvalue weighted by Crippen LogP contribution is 2.36. The second-order valence-electron chi connectivity index (χ2n) is 9.82. The number of anilines is 2. The van der Waals surface area contributed by atoms with E-state index in [0.29, 0.717) is 36.7 Å². The van der Waals surface area contributed by atoms with Gasteiger partial charge in [-0.25, -0.2) is 18.9 Å². The van der Waals surface area contributed by atoms with Crippen molar-refractivity contribution in [3.8, 4) is 11.4 Å². The first-order valence-corrected chi connectivity index (χ1v) is 12.7. The third-order valence-corrected chi connectivity index (χ3v) is 7.23. The normalized spacial score (nSPS) is 20.1. The van der Waals surface area contributed by atoms with Crippen LogP contribution in [0, 0.1) is 5.82 Å². The van der Waals surface area contributed by atoms with Crippen molar-refractivity contribution >= 4 is 17.3 Å². The zero-order valence-electron chi connectivity index (χ0n) is 20.6. The van der Waals surface area contributed by atoms with Crippen LogP contribution >= 0.6 is 0 Å². The molecular formula is C27H27F4N7. The molecule has 0 spiro atoms. The monoisotopic (exact) mass is 525 g/mol. The number of pyridine rings is 1. The number of halogens is 4. The van der Waals surface area contributed by atoms with E-state index in [0.717, 1.165) is 36.5 Å². The smallest absolute Gasteiger partial charge is 0.355 e. The van der Waals surface area contributed by atoms with Crippen molar-refractivity contribution in [2.45, 2.75) is 37.5 Å². The van der Waals surface area contributed by atoms with Gasteiger partial charge >= 0.3 is 6.18 Å². The summed E-state index contributed by atoms with van der Waals surface area (Å²) < 4.78 is 53.5. The Balaban J connectivity index is 1.25. The SMILES string of the molecule is Fc1cccc([C@H]2CCCN2c2ccc3ncc(-c4cccc(N5CC[C@@H](NCC(F)(F)F)C5)n4)n3n2)c1. The fourth-order valence-electron chi connectivity index (χ4n) is 5.43. The van der Waals surface area contributed by atoms with Crippen molar-refractivity contribution < 1.29 is 17.6 Å². The van der Waals surface area contributed by atoms with Gasteiger partial charge in [0.1, 0.15) is 23.1 Å². The molecule has 2 saturated heterocycles. The molecule has 0 radical (unpaired) electrons. The number of nitrogens with one attached hydrogen (secondary N) is 1. The van der Waals surface area contributed by atoms with Gasteiger partial charge in [-0.2, -0.15) is 13.2 Å². The Morgan fingerprint density at radius 2 is 1.84 bits per heavy atom. The number of hydrogen-bond donors (Lipinski definition) is 1. The Kier molecular flexibility index (Phi) is 6.38. The molecule has 2 atom stereocenters. The largest absolute Gasteiger partial charge is 0.401 e. The molecule has 0 bridgehead atoms. The summed E-state index contributed by atoms with van der Waals surface area (Å²) in [7, 11) is 0. The Labute approximate surface area is 217 Å². The van der Waals surface area contributed by atoms with Crippen molar-refractivity contribution in [1.29, 1.82) is 0 Å². The molecule has 1 aromatic carbocycles. The maximum Gasteiger partial charge on any atom is 0.401 e. The molecular weight excluding hydrogens is 498 g/mol. The van der Waals surface area contributed by atoms with Gasteiger partial charge in [-0.3, -0.25) is 0 Å². The van der Waals surface area contributed by atoms with E-state index in [1.165, 1.54) is 6.07 Å². The second-order valence-corrected chi connectivity index (χ2v) is 9.82. The van der Waals surface area contributed by atoms with Gasteiger partial charge in [-0.05, 0) is 61.2 Å². The molecule has 6 rings (SSSR count). The Hall–Kier alpha value is -3.73.